The fraction of sp³-hybridized carbons (Fsp3) is 0.500. The van der Waals surface area contributed by atoms with Gasteiger partial charge in [0.25, 0.3) is 0 Å². The fourth-order valence-corrected chi connectivity index (χ4v) is 2.85. The molecule has 1 aromatic rings. The zero-order valence-electron chi connectivity index (χ0n) is 11.5. The lowest BCUT2D eigenvalue weighted by Crippen LogP contribution is -2.43. The van der Waals surface area contributed by atoms with E-state index in [2.05, 4.69) is 9.71 Å². The summed E-state index contributed by atoms with van der Waals surface area (Å²) < 4.78 is 26.7. The predicted molar refractivity (Wildman–Crippen MR) is 72.9 cm³/mol. The summed E-state index contributed by atoms with van der Waals surface area (Å²) in [6.07, 6.45) is 3.20. The molecule has 0 aromatic carbocycles. The second-order valence-corrected chi connectivity index (χ2v) is 6.58. The van der Waals surface area contributed by atoms with Crippen molar-refractivity contribution >= 4 is 15.9 Å². The fourth-order valence-electron chi connectivity index (χ4n) is 1.54. The average molecular weight is 285 g/mol. The molecule has 0 fully saturated rings. The Bertz CT molecular complexity index is 528. The van der Waals surface area contributed by atoms with Crippen LogP contribution >= 0.6 is 0 Å². The number of hydrogen-bond donors (Lipinski definition) is 1. The lowest BCUT2D eigenvalue weighted by molar-refractivity contribution is -0.127. The van der Waals surface area contributed by atoms with Crippen LogP contribution in [0.1, 0.15) is 25.5 Å². The molecular weight excluding hydrogens is 266 g/mol. The maximum Gasteiger partial charge on any atom is 0.241 e. The first-order valence-electron chi connectivity index (χ1n) is 5.88. The van der Waals surface area contributed by atoms with Gasteiger partial charge >= 0.3 is 0 Å². The third kappa shape index (κ3) is 4.00. The van der Waals surface area contributed by atoms with Crippen LogP contribution in [0.2, 0.25) is 0 Å². The number of pyridine rings is 1. The maximum atomic E-state index is 12.1. The van der Waals surface area contributed by atoms with Crippen LogP contribution in [0.25, 0.3) is 0 Å². The molecule has 1 aromatic heterocycles. The number of hydrogen-bond acceptors (Lipinski definition) is 4. The molecule has 0 unspecified atom stereocenters. The normalized spacial score (nSPS) is 14.7. The summed E-state index contributed by atoms with van der Waals surface area (Å²) in [5.74, 6) is -0.453. The largest absolute Gasteiger partial charge is 0.348 e. The van der Waals surface area contributed by atoms with Gasteiger partial charge in [0.05, 0.1) is 0 Å². The molecule has 0 radical (unpaired) electrons. The average Bonchev–Trinajstić information content (AvgIpc) is 2.37. The van der Waals surface area contributed by atoms with Gasteiger partial charge in [-0.2, -0.15) is 0 Å². The van der Waals surface area contributed by atoms with E-state index in [9.17, 15) is 13.2 Å². The van der Waals surface area contributed by atoms with E-state index in [1.807, 2.05) is 0 Å². The van der Waals surface area contributed by atoms with Gasteiger partial charge in [0, 0.05) is 32.5 Å². The van der Waals surface area contributed by atoms with Crippen LogP contribution < -0.4 is 4.72 Å². The number of carbonyl (C=O) groups excluding carboxylic acids is 1. The van der Waals surface area contributed by atoms with E-state index < -0.39 is 27.2 Å². The van der Waals surface area contributed by atoms with Crippen molar-refractivity contribution in [2.75, 3.05) is 14.1 Å². The molecule has 106 valence electrons. The minimum atomic E-state index is -3.72. The zero-order valence-corrected chi connectivity index (χ0v) is 12.3. The van der Waals surface area contributed by atoms with Gasteiger partial charge in [0.1, 0.15) is 0 Å². The van der Waals surface area contributed by atoms with Crippen molar-refractivity contribution in [3.8, 4) is 0 Å². The Morgan fingerprint density at radius 1 is 1.37 bits per heavy atom. The van der Waals surface area contributed by atoms with E-state index in [4.69, 9.17) is 0 Å². The van der Waals surface area contributed by atoms with Crippen LogP contribution in [0.5, 0.6) is 0 Å². The predicted octanol–water partition coefficient (Wildman–Crippen LogP) is 0.539. The second kappa shape index (κ2) is 6.12. The van der Waals surface area contributed by atoms with Crippen molar-refractivity contribution in [1.29, 1.82) is 0 Å². The van der Waals surface area contributed by atoms with Crippen molar-refractivity contribution in [2.45, 2.75) is 25.1 Å². The molecule has 1 rings (SSSR count). The molecule has 0 saturated carbocycles. The summed E-state index contributed by atoms with van der Waals surface area (Å²) >= 11 is 0. The number of nitrogens with zero attached hydrogens (tertiary/aromatic N) is 2. The number of sulfonamides is 1. The number of carbonyl (C=O) groups is 1. The van der Waals surface area contributed by atoms with Gasteiger partial charge in [-0.05, 0) is 25.5 Å². The van der Waals surface area contributed by atoms with Crippen LogP contribution in [0.15, 0.2) is 24.5 Å². The van der Waals surface area contributed by atoms with Gasteiger partial charge in [-0.1, -0.05) is 6.07 Å². The molecular formula is C12H19N3O3S. The molecule has 0 saturated heterocycles. The van der Waals surface area contributed by atoms with Crippen molar-refractivity contribution in [1.82, 2.24) is 14.6 Å². The molecule has 1 amide bonds. The molecule has 2 atom stereocenters. The zero-order chi connectivity index (χ0) is 14.6. The van der Waals surface area contributed by atoms with Crippen molar-refractivity contribution in [2.24, 2.45) is 0 Å². The molecule has 0 aliphatic heterocycles. The molecule has 0 bridgehead atoms. The van der Waals surface area contributed by atoms with Gasteiger partial charge in [-0.25, -0.2) is 13.1 Å². The number of nitrogens with one attached hydrogen (secondary N) is 1. The van der Waals surface area contributed by atoms with Crippen molar-refractivity contribution in [3.63, 3.8) is 0 Å². The van der Waals surface area contributed by atoms with Gasteiger partial charge in [-0.15, -0.1) is 0 Å². The second-order valence-electron chi connectivity index (χ2n) is 4.55. The van der Waals surface area contributed by atoms with E-state index in [1.165, 1.54) is 25.9 Å². The van der Waals surface area contributed by atoms with Crippen LogP contribution in [0.4, 0.5) is 0 Å². The van der Waals surface area contributed by atoms with Gasteiger partial charge in [0.2, 0.25) is 15.9 Å². The summed E-state index contributed by atoms with van der Waals surface area (Å²) in [4.78, 5) is 16.9. The van der Waals surface area contributed by atoms with Crippen LogP contribution in [-0.4, -0.2) is 43.6 Å². The van der Waals surface area contributed by atoms with E-state index in [-0.39, 0.29) is 0 Å². The SMILES string of the molecule is C[C@H](NS(=O)(=O)[C@H](C)C(=O)N(C)C)c1cccnc1. The monoisotopic (exact) mass is 285 g/mol. The summed E-state index contributed by atoms with van der Waals surface area (Å²) in [5.41, 5.74) is 0.746. The lowest BCUT2D eigenvalue weighted by atomic mass is 10.2. The molecule has 1 heterocycles. The summed E-state index contributed by atoms with van der Waals surface area (Å²) in [6.45, 7) is 3.09. The molecule has 0 aliphatic carbocycles. The summed E-state index contributed by atoms with van der Waals surface area (Å²) in [7, 11) is -0.668. The number of rotatable bonds is 5. The minimum Gasteiger partial charge on any atom is -0.348 e. The summed E-state index contributed by atoms with van der Waals surface area (Å²) in [5, 5.41) is -1.12. The number of amides is 1. The highest BCUT2D eigenvalue weighted by Crippen LogP contribution is 2.13. The Morgan fingerprint density at radius 3 is 2.47 bits per heavy atom. The van der Waals surface area contributed by atoms with Crippen molar-refractivity contribution < 1.29 is 13.2 Å². The molecule has 6 nitrogen and oxygen atoms in total. The van der Waals surface area contributed by atoms with Gasteiger partial charge < -0.3 is 4.90 Å². The van der Waals surface area contributed by atoms with Crippen molar-refractivity contribution in [3.05, 3.63) is 30.1 Å². The first kappa shape index (κ1) is 15.6. The molecule has 0 aliphatic rings. The third-order valence-electron chi connectivity index (χ3n) is 2.78. The Hall–Kier alpha value is -1.47. The molecule has 1 N–H and O–H groups in total. The molecule has 7 heteroatoms. The first-order valence-corrected chi connectivity index (χ1v) is 7.42. The maximum absolute atomic E-state index is 12.1. The lowest BCUT2D eigenvalue weighted by Gasteiger charge is -2.20. The van der Waals surface area contributed by atoms with Gasteiger partial charge in [-0.3, -0.25) is 9.78 Å². The highest BCUT2D eigenvalue weighted by atomic mass is 32.2. The highest BCUT2D eigenvalue weighted by molar-refractivity contribution is 7.90. The van der Waals surface area contributed by atoms with Crippen LogP contribution in [0.3, 0.4) is 0 Å². The van der Waals surface area contributed by atoms with E-state index in [1.54, 1.807) is 31.5 Å². The third-order valence-corrected chi connectivity index (χ3v) is 4.59. The van der Waals surface area contributed by atoms with Crippen LogP contribution in [-0.2, 0) is 14.8 Å². The number of aromatic nitrogens is 1. The standard InChI is InChI=1S/C12H19N3O3S/c1-9(11-6-5-7-13-8-11)14-19(17,18)10(2)12(16)15(3)4/h5-10,14H,1-4H3/t9-,10+/m0/s1. The topological polar surface area (TPSA) is 79.4 Å². The minimum absolute atomic E-state index is 0.434. The van der Waals surface area contributed by atoms with E-state index in [0.717, 1.165) is 5.56 Å². The summed E-state index contributed by atoms with van der Waals surface area (Å²) in [6, 6.07) is 3.07. The van der Waals surface area contributed by atoms with Crippen LogP contribution in [0, 0.1) is 0 Å². The Labute approximate surface area is 113 Å². The molecule has 0 spiro atoms. The Kier molecular flexibility index (Phi) is 5.02. The smallest absolute Gasteiger partial charge is 0.241 e. The molecule has 19 heavy (non-hydrogen) atoms. The quantitative estimate of drug-likeness (QED) is 0.856. The Balaban J connectivity index is 2.83. The van der Waals surface area contributed by atoms with E-state index in [0.29, 0.717) is 0 Å². The Morgan fingerprint density at radius 2 is 2.00 bits per heavy atom. The first-order chi connectivity index (χ1) is 8.75. The van der Waals surface area contributed by atoms with E-state index >= 15 is 0 Å². The van der Waals surface area contributed by atoms with Gasteiger partial charge in [0.15, 0.2) is 5.25 Å². The highest BCUT2D eigenvalue weighted by Gasteiger charge is 2.30.